The molecule has 1 aliphatic heterocycles. The van der Waals surface area contributed by atoms with E-state index in [2.05, 4.69) is 5.32 Å². The zero-order valence-corrected chi connectivity index (χ0v) is 16.5. The van der Waals surface area contributed by atoms with Crippen LogP contribution in [0, 0.1) is 5.82 Å². The summed E-state index contributed by atoms with van der Waals surface area (Å²) >= 11 is 6.15. The summed E-state index contributed by atoms with van der Waals surface area (Å²) in [6.07, 6.45) is 5.76. The Labute approximate surface area is 164 Å². The van der Waals surface area contributed by atoms with Gasteiger partial charge in [-0.2, -0.15) is 0 Å². The Hall–Kier alpha value is -1.66. The van der Waals surface area contributed by atoms with Gasteiger partial charge in [0.15, 0.2) is 0 Å². The molecular weight excluding hydrogens is 369 g/mol. The number of halogens is 2. The third kappa shape index (κ3) is 4.99. The molecule has 0 aromatic heterocycles. The van der Waals surface area contributed by atoms with E-state index in [0.29, 0.717) is 24.7 Å². The van der Waals surface area contributed by atoms with Crippen LogP contribution < -0.4 is 5.32 Å². The smallest absolute Gasteiger partial charge is 0.237 e. The van der Waals surface area contributed by atoms with Crippen molar-refractivity contribution in [2.24, 2.45) is 0 Å². The van der Waals surface area contributed by atoms with Crippen LogP contribution in [0.5, 0.6) is 0 Å². The predicted molar refractivity (Wildman–Crippen MR) is 103 cm³/mol. The zero-order chi connectivity index (χ0) is 19.4. The quantitative estimate of drug-likeness (QED) is 0.833. The lowest BCUT2D eigenvalue weighted by atomic mass is 9.94. The molecule has 1 aliphatic carbocycles. The molecule has 2 amide bonds. The van der Waals surface area contributed by atoms with E-state index in [1.807, 2.05) is 16.8 Å². The first kappa shape index (κ1) is 20.1. The minimum Gasteiger partial charge on any atom is -0.353 e. The second-order valence-electron chi connectivity index (χ2n) is 7.51. The van der Waals surface area contributed by atoms with Crippen LogP contribution in [0.15, 0.2) is 18.2 Å². The SMILES string of the molecule is CN(C(=O)C[C@H]1C(=O)NCCN1Cc1ccc(F)cc1Cl)C1CCCCC1. The molecule has 1 aromatic carbocycles. The van der Waals surface area contributed by atoms with Gasteiger partial charge in [0, 0.05) is 37.7 Å². The summed E-state index contributed by atoms with van der Waals surface area (Å²) in [5.74, 6) is -0.523. The van der Waals surface area contributed by atoms with Crippen LogP contribution in [-0.2, 0) is 16.1 Å². The molecule has 2 aliphatic rings. The van der Waals surface area contributed by atoms with Crippen LogP contribution in [0.3, 0.4) is 0 Å². The summed E-state index contributed by atoms with van der Waals surface area (Å²) in [5.41, 5.74) is 0.755. The molecule has 0 unspecified atom stereocenters. The highest BCUT2D eigenvalue weighted by Crippen LogP contribution is 2.24. The Morgan fingerprint density at radius 3 is 2.78 bits per heavy atom. The molecule has 1 heterocycles. The molecule has 1 aromatic rings. The van der Waals surface area contributed by atoms with E-state index in [4.69, 9.17) is 11.6 Å². The van der Waals surface area contributed by atoms with Gasteiger partial charge in [-0.25, -0.2) is 4.39 Å². The second kappa shape index (κ2) is 9.02. The maximum Gasteiger partial charge on any atom is 0.237 e. The topological polar surface area (TPSA) is 52.7 Å². The molecule has 5 nitrogen and oxygen atoms in total. The van der Waals surface area contributed by atoms with Gasteiger partial charge >= 0.3 is 0 Å². The Bertz CT molecular complexity index is 694. The third-order valence-corrected chi connectivity index (χ3v) is 6.07. The highest BCUT2D eigenvalue weighted by atomic mass is 35.5. The fraction of sp³-hybridized carbons (Fsp3) is 0.600. The van der Waals surface area contributed by atoms with Gasteiger partial charge in [-0.1, -0.05) is 36.9 Å². The number of nitrogens with zero attached hydrogens (tertiary/aromatic N) is 2. The molecule has 1 N–H and O–H groups in total. The van der Waals surface area contributed by atoms with Crippen molar-refractivity contribution in [1.82, 2.24) is 15.1 Å². The molecular formula is C20H27ClFN3O2. The number of rotatable bonds is 5. The van der Waals surface area contributed by atoms with Crippen molar-refractivity contribution in [3.63, 3.8) is 0 Å². The fourth-order valence-electron chi connectivity index (χ4n) is 4.02. The van der Waals surface area contributed by atoms with Gasteiger partial charge in [0.05, 0.1) is 12.5 Å². The summed E-state index contributed by atoms with van der Waals surface area (Å²) in [4.78, 5) is 29.0. The Kier molecular flexibility index (Phi) is 6.71. The molecule has 1 saturated heterocycles. The minimum atomic E-state index is -0.529. The van der Waals surface area contributed by atoms with E-state index in [1.54, 1.807) is 6.07 Å². The summed E-state index contributed by atoms with van der Waals surface area (Å²) < 4.78 is 13.3. The van der Waals surface area contributed by atoms with Crippen molar-refractivity contribution in [2.45, 2.75) is 57.2 Å². The zero-order valence-electron chi connectivity index (χ0n) is 15.7. The van der Waals surface area contributed by atoms with E-state index < -0.39 is 6.04 Å². The minimum absolute atomic E-state index is 0.000784. The molecule has 1 atom stereocenters. The average Bonchev–Trinajstić information content (AvgIpc) is 2.66. The predicted octanol–water partition coefficient (Wildman–Crippen LogP) is 2.96. The fourth-order valence-corrected chi connectivity index (χ4v) is 4.25. The Balaban J connectivity index is 1.68. The maximum absolute atomic E-state index is 13.3. The molecule has 1 saturated carbocycles. The number of hydrogen-bond donors (Lipinski definition) is 1. The lowest BCUT2D eigenvalue weighted by Gasteiger charge is -2.37. The Morgan fingerprint density at radius 2 is 2.07 bits per heavy atom. The third-order valence-electron chi connectivity index (χ3n) is 5.71. The molecule has 7 heteroatoms. The first-order valence-corrected chi connectivity index (χ1v) is 10.0. The largest absolute Gasteiger partial charge is 0.353 e. The number of carbonyl (C=O) groups is 2. The van der Waals surface area contributed by atoms with Gasteiger partial charge < -0.3 is 10.2 Å². The van der Waals surface area contributed by atoms with E-state index >= 15 is 0 Å². The number of hydrogen-bond acceptors (Lipinski definition) is 3. The molecule has 2 fully saturated rings. The monoisotopic (exact) mass is 395 g/mol. The molecule has 0 spiro atoms. The van der Waals surface area contributed by atoms with Crippen LogP contribution in [0.2, 0.25) is 5.02 Å². The van der Waals surface area contributed by atoms with Gasteiger partial charge in [0.1, 0.15) is 5.82 Å². The molecule has 3 rings (SSSR count). The van der Waals surface area contributed by atoms with Crippen LogP contribution in [-0.4, -0.2) is 53.8 Å². The van der Waals surface area contributed by atoms with Crippen molar-refractivity contribution in [1.29, 1.82) is 0 Å². The van der Waals surface area contributed by atoms with Crippen molar-refractivity contribution < 1.29 is 14.0 Å². The normalized spacial score (nSPS) is 21.7. The number of carbonyl (C=O) groups excluding carboxylic acids is 2. The summed E-state index contributed by atoms with van der Waals surface area (Å²) in [6, 6.07) is 4.02. The van der Waals surface area contributed by atoms with Gasteiger partial charge in [-0.15, -0.1) is 0 Å². The van der Waals surface area contributed by atoms with Crippen LogP contribution in [0.25, 0.3) is 0 Å². The van der Waals surface area contributed by atoms with Crippen LogP contribution in [0.4, 0.5) is 4.39 Å². The maximum atomic E-state index is 13.3. The van der Waals surface area contributed by atoms with E-state index in [-0.39, 0.29) is 30.1 Å². The first-order chi connectivity index (χ1) is 13.0. The highest BCUT2D eigenvalue weighted by Gasteiger charge is 2.34. The van der Waals surface area contributed by atoms with Crippen molar-refractivity contribution in [3.05, 3.63) is 34.6 Å². The van der Waals surface area contributed by atoms with E-state index in [1.165, 1.54) is 18.6 Å². The van der Waals surface area contributed by atoms with Gasteiger partial charge in [-0.05, 0) is 30.5 Å². The van der Waals surface area contributed by atoms with Crippen LogP contribution in [0.1, 0.15) is 44.1 Å². The number of nitrogens with one attached hydrogen (secondary N) is 1. The average molecular weight is 396 g/mol. The van der Waals surface area contributed by atoms with Gasteiger partial charge in [0.25, 0.3) is 0 Å². The second-order valence-corrected chi connectivity index (χ2v) is 7.92. The first-order valence-electron chi connectivity index (χ1n) is 9.67. The summed E-state index contributed by atoms with van der Waals surface area (Å²) in [6.45, 7) is 1.57. The van der Waals surface area contributed by atoms with E-state index in [0.717, 1.165) is 31.2 Å². The lowest BCUT2D eigenvalue weighted by molar-refractivity contribution is -0.140. The number of benzene rings is 1. The molecule has 0 radical (unpaired) electrons. The van der Waals surface area contributed by atoms with E-state index in [9.17, 15) is 14.0 Å². The number of amides is 2. The van der Waals surface area contributed by atoms with Crippen molar-refractivity contribution >= 4 is 23.4 Å². The van der Waals surface area contributed by atoms with Gasteiger partial charge in [0.2, 0.25) is 11.8 Å². The standard InChI is InChI=1S/C20H27ClFN3O2/c1-24(16-5-3-2-4-6-16)19(26)12-18-20(27)23-9-10-25(18)13-14-7-8-15(22)11-17(14)21/h7-8,11,16,18H,2-6,9-10,12-13H2,1H3,(H,23,27)/t18-/m0/s1. The molecule has 27 heavy (non-hydrogen) atoms. The summed E-state index contributed by atoms with van der Waals surface area (Å²) in [7, 11) is 1.85. The Morgan fingerprint density at radius 1 is 1.33 bits per heavy atom. The van der Waals surface area contributed by atoms with Gasteiger partial charge in [-0.3, -0.25) is 14.5 Å². The summed E-state index contributed by atoms with van der Waals surface area (Å²) in [5, 5.41) is 3.19. The van der Waals surface area contributed by atoms with Crippen molar-refractivity contribution in [3.8, 4) is 0 Å². The molecule has 148 valence electrons. The van der Waals surface area contributed by atoms with Crippen LogP contribution >= 0.6 is 11.6 Å². The molecule has 0 bridgehead atoms. The highest BCUT2D eigenvalue weighted by molar-refractivity contribution is 6.31. The van der Waals surface area contributed by atoms with Crippen molar-refractivity contribution in [2.75, 3.05) is 20.1 Å². The number of piperazine rings is 1. The lowest BCUT2D eigenvalue weighted by Crippen LogP contribution is -2.56.